The second-order valence-electron chi connectivity index (χ2n) is 4.60. The average molecular weight is 244 g/mol. The summed E-state index contributed by atoms with van der Waals surface area (Å²) in [6, 6.07) is 0. The number of unbranched alkanes of at least 4 members (excludes halogenated alkanes) is 1. The quantitative estimate of drug-likeness (QED) is 0.416. The first kappa shape index (κ1) is 16.8. The first-order valence-corrected chi connectivity index (χ1v) is 7.11. The van der Waals surface area contributed by atoms with Crippen LogP contribution in [0.2, 0.25) is 0 Å². The molecule has 104 valence electrons. The molecule has 0 heterocycles. The summed E-state index contributed by atoms with van der Waals surface area (Å²) in [7, 11) is 2.17. The van der Waals surface area contributed by atoms with Crippen LogP contribution in [0.25, 0.3) is 0 Å². The van der Waals surface area contributed by atoms with E-state index in [-0.39, 0.29) is 0 Å². The lowest BCUT2D eigenvalue weighted by atomic mass is 10.3. The molecule has 0 radical (unpaired) electrons. The Morgan fingerprint density at radius 1 is 0.882 bits per heavy atom. The molecule has 0 bridgehead atoms. The molecule has 0 saturated carbocycles. The summed E-state index contributed by atoms with van der Waals surface area (Å²) in [5, 5.41) is 6.89. The van der Waals surface area contributed by atoms with E-state index in [1.165, 1.54) is 25.8 Å². The number of nitrogens with two attached hydrogens (primary N) is 1. The van der Waals surface area contributed by atoms with E-state index in [1.807, 2.05) is 0 Å². The van der Waals surface area contributed by atoms with Crippen molar-refractivity contribution >= 4 is 0 Å². The van der Waals surface area contributed by atoms with Crippen LogP contribution in [0, 0.1) is 0 Å². The van der Waals surface area contributed by atoms with Gasteiger partial charge in [0.1, 0.15) is 0 Å². The molecule has 0 aromatic rings. The Hall–Kier alpha value is -0.160. The third kappa shape index (κ3) is 13.8. The number of hydrogen-bond donors (Lipinski definition) is 3. The van der Waals surface area contributed by atoms with Crippen molar-refractivity contribution in [3.63, 3.8) is 0 Å². The monoisotopic (exact) mass is 244 g/mol. The molecule has 4 nitrogen and oxygen atoms in total. The van der Waals surface area contributed by atoms with E-state index < -0.39 is 0 Å². The molecule has 0 spiro atoms. The maximum atomic E-state index is 5.42. The topological polar surface area (TPSA) is 53.3 Å². The van der Waals surface area contributed by atoms with Gasteiger partial charge in [0.25, 0.3) is 0 Å². The fraction of sp³-hybridized carbons (Fsp3) is 1.00. The van der Waals surface area contributed by atoms with Crippen molar-refractivity contribution < 1.29 is 0 Å². The van der Waals surface area contributed by atoms with Gasteiger partial charge in [0.15, 0.2) is 0 Å². The van der Waals surface area contributed by atoms with Gasteiger partial charge in [-0.2, -0.15) is 0 Å². The van der Waals surface area contributed by atoms with Crippen LogP contribution in [0.5, 0.6) is 0 Å². The summed E-state index contributed by atoms with van der Waals surface area (Å²) in [5.41, 5.74) is 5.42. The van der Waals surface area contributed by atoms with Gasteiger partial charge in [-0.05, 0) is 78.5 Å². The van der Waals surface area contributed by atoms with Gasteiger partial charge in [0.2, 0.25) is 0 Å². The first-order valence-electron chi connectivity index (χ1n) is 7.11. The van der Waals surface area contributed by atoms with Crippen LogP contribution >= 0.6 is 0 Å². The molecular weight excluding hydrogens is 212 g/mol. The molecular formula is C13H32N4. The largest absolute Gasteiger partial charge is 0.330 e. The molecule has 17 heavy (non-hydrogen) atoms. The number of nitrogens with zero attached hydrogens (tertiary/aromatic N) is 1. The van der Waals surface area contributed by atoms with Crippen LogP contribution < -0.4 is 16.4 Å². The Kier molecular flexibility index (Phi) is 13.8. The van der Waals surface area contributed by atoms with Crippen molar-refractivity contribution in [3.8, 4) is 0 Å². The third-order valence-electron chi connectivity index (χ3n) is 2.95. The van der Waals surface area contributed by atoms with E-state index in [1.54, 1.807) is 0 Å². The Bertz CT molecular complexity index is 141. The van der Waals surface area contributed by atoms with Crippen molar-refractivity contribution in [3.05, 3.63) is 0 Å². The summed E-state index contributed by atoms with van der Waals surface area (Å²) in [6.45, 7) is 9.82. The van der Waals surface area contributed by atoms with Gasteiger partial charge in [0, 0.05) is 0 Å². The van der Waals surface area contributed by atoms with Gasteiger partial charge in [-0.1, -0.05) is 6.92 Å². The first-order chi connectivity index (χ1) is 8.31. The van der Waals surface area contributed by atoms with Crippen LogP contribution in [0.1, 0.15) is 32.6 Å². The zero-order chi connectivity index (χ0) is 12.8. The normalized spacial score (nSPS) is 11.3. The Balaban J connectivity index is 2.94. The summed E-state index contributed by atoms with van der Waals surface area (Å²) >= 11 is 0. The lowest BCUT2D eigenvalue weighted by Gasteiger charge is -2.13. The highest BCUT2D eigenvalue weighted by molar-refractivity contribution is 4.54. The van der Waals surface area contributed by atoms with Gasteiger partial charge < -0.3 is 21.3 Å². The van der Waals surface area contributed by atoms with Crippen LogP contribution in [0.15, 0.2) is 0 Å². The molecule has 0 aliphatic heterocycles. The molecule has 0 fully saturated rings. The number of nitrogens with one attached hydrogen (secondary N) is 2. The molecule has 0 rings (SSSR count). The van der Waals surface area contributed by atoms with Crippen molar-refractivity contribution in [1.82, 2.24) is 15.5 Å². The lowest BCUT2D eigenvalue weighted by molar-refractivity contribution is 0.344. The molecule has 0 aromatic carbocycles. The minimum atomic E-state index is 0.792. The predicted octanol–water partition coefficient (Wildman–Crippen LogP) is 0.636. The van der Waals surface area contributed by atoms with E-state index in [0.29, 0.717) is 0 Å². The maximum absolute atomic E-state index is 5.42. The molecule has 0 saturated heterocycles. The summed E-state index contributed by atoms with van der Waals surface area (Å²) in [4.78, 5) is 2.35. The van der Waals surface area contributed by atoms with E-state index in [0.717, 1.165) is 45.7 Å². The molecule has 0 aromatic heterocycles. The molecule has 0 unspecified atom stereocenters. The van der Waals surface area contributed by atoms with Crippen molar-refractivity contribution in [1.29, 1.82) is 0 Å². The second-order valence-corrected chi connectivity index (χ2v) is 4.60. The van der Waals surface area contributed by atoms with E-state index >= 15 is 0 Å². The molecule has 0 amide bonds. The maximum Gasteiger partial charge on any atom is -0.000981 e. The minimum Gasteiger partial charge on any atom is -0.330 e. The summed E-state index contributed by atoms with van der Waals surface area (Å²) in [6.07, 6.45) is 4.86. The van der Waals surface area contributed by atoms with Crippen molar-refractivity contribution in [2.45, 2.75) is 32.6 Å². The Morgan fingerprint density at radius 2 is 1.41 bits per heavy atom. The molecule has 0 atom stereocenters. The molecule has 0 aliphatic rings. The van der Waals surface area contributed by atoms with Crippen molar-refractivity contribution in [2.75, 3.05) is 52.9 Å². The van der Waals surface area contributed by atoms with Gasteiger partial charge in [-0.3, -0.25) is 0 Å². The van der Waals surface area contributed by atoms with E-state index in [2.05, 4.69) is 29.5 Å². The highest BCUT2D eigenvalue weighted by Crippen LogP contribution is 1.87. The van der Waals surface area contributed by atoms with Gasteiger partial charge in [-0.15, -0.1) is 0 Å². The Morgan fingerprint density at radius 3 is 1.94 bits per heavy atom. The molecule has 4 N–H and O–H groups in total. The van der Waals surface area contributed by atoms with Crippen LogP contribution in [0.4, 0.5) is 0 Å². The highest BCUT2D eigenvalue weighted by atomic mass is 15.1. The highest BCUT2D eigenvalue weighted by Gasteiger charge is 1.94. The molecule has 0 aliphatic carbocycles. The molecule has 4 heteroatoms. The van der Waals surface area contributed by atoms with Crippen LogP contribution in [-0.2, 0) is 0 Å². The smallest absolute Gasteiger partial charge is 0.000981 e. The predicted molar refractivity (Wildman–Crippen MR) is 76.4 cm³/mol. The van der Waals surface area contributed by atoms with Gasteiger partial charge in [-0.25, -0.2) is 0 Å². The van der Waals surface area contributed by atoms with Crippen molar-refractivity contribution in [2.24, 2.45) is 5.73 Å². The SMILES string of the molecule is CCN(C)CCCNCCCCNCCCN. The third-order valence-corrected chi connectivity index (χ3v) is 2.95. The number of rotatable bonds is 13. The van der Waals surface area contributed by atoms with Crippen LogP contribution in [0.3, 0.4) is 0 Å². The lowest BCUT2D eigenvalue weighted by Crippen LogP contribution is -2.25. The fourth-order valence-corrected chi connectivity index (χ4v) is 1.61. The zero-order valence-corrected chi connectivity index (χ0v) is 11.8. The van der Waals surface area contributed by atoms with Crippen LogP contribution in [-0.4, -0.2) is 57.8 Å². The zero-order valence-electron chi connectivity index (χ0n) is 11.8. The van der Waals surface area contributed by atoms with E-state index in [9.17, 15) is 0 Å². The minimum absolute atomic E-state index is 0.792. The fourth-order valence-electron chi connectivity index (χ4n) is 1.61. The standard InChI is InChI=1S/C13H32N4/c1-3-17(2)13-7-12-16-10-5-4-9-15-11-6-8-14/h15-16H,3-14H2,1-2H3. The van der Waals surface area contributed by atoms with Gasteiger partial charge in [0.05, 0.1) is 0 Å². The summed E-state index contributed by atoms with van der Waals surface area (Å²) in [5.74, 6) is 0. The summed E-state index contributed by atoms with van der Waals surface area (Å²) < 4.78 is 0. The van der Waals surface area contributed by atoms with E-state index in [4.69, 9.17) is 5.73 Å². The van der Waals surface area contributed by atoms with Gasteiger partial charge >= 0.3 is 0 Å². The number of hydrogen-bond acceptors (Lipinski definition) is 4. The second kappa shape index (κ2) is 13.9. The average Bonchev–Trinajstić information content (AvgIpc) is 2.35. The Labute approximate surface area is 107 Å².